The molecular formula is C26H44O2Si. The van der Waals surface area contributed by atoms with Crippen LogP contribution in [0.4, 0.5) is 0 Å². The standard InChI is InChI=1S/C26H44O2Si/c1-17-15-18-16-19(28-29(7,8)24(2,3)4)11-13-25(18,5)21-12-14-26(6)20(23(17)21)9-10-22(26)27/h16-17,19-21,23H,9-15H2,1-8H3/t17-,19+,20+,21+,23+,25+,26+/m1/s1. The molecule has 2 nitrogen and oxygen atoms in total. The Hall–Kier alpha value is -0.413. The Morgan fingerprint density at radius 1 is 1.03 bits per heavy atom. The average molecular weight is 417 g/mol. The summed E-state index contributed by atoms with van der Waals surface area (Å²) in [6, 6.07) is 0. The Morgan fingerprint density at radius 2 is 1.66 bits per heavy atom. The van der Waals surface area contributed by atoms with Crippen LogP contribution in [0.5, 0.6) is 0 Å². The Morgan fingerprint density at radius 3 is 2.31 bits per heavy atom. The molecule has 0 aromatic carbocycles. The molecular weight excluding hydrogens is 372 g/mol. The zero-order valence-corrected chi connectivity index (χ0v) is 21.2. The molecule has 0 radical (unpaired) electrons. The van der Waals surface area contributed by atoms with E-state index < -0.39 is 8.32 Å². The lowest BCUT2D eigenvalue weighted by Crippen LogP contribution is -2.54. The van der Waals surface area contributed by atoms with Gasteiger partial charge in [0.05, 0.1) is 6.10 Å². The molecule has 0 spiro atoms. The molecule has 4 aliphatic carbocycles. The summed E-state index contributed by atoms with van der Waals surface area (Å²) in [5.41, 5.74) is 2.00. The van der Waals surface area contributed by atoms with Gasteiger partial charge in [-0.25, -0.2) is 0 Å². The predicted octanol–water partition coefficient (Wildman–Crippen LogP) is 7.15. The molecule has 29 heavy (non-hydrogen) atoms. The van der Waals surface area contributed by atoms with Crippen molar-refractivity contribution in [3.8, 4) is 0 Å². The molecule has 0 aliphatic heterocycles. The van der Waals surface area contributed by atoms with Crippen LogP contribution >= 0.6 is 0 Å². The lowest BCUT2D eigenvalue weighted by atomic mass is 9.45. The first-order valence-electron chi connectivity index (χ1n) is 12.2. The van der Waals surface area contributed by atoms with Crippen molar-refractivity contribution in [1.82, 2.24) is 0 Å². The van der Waals surface area contributed by atoms with E-state index in [9.17, 15) is 4.79 Å². The number of hydrogen-bond acceptors (Lipinski definition) is 2. The highest BCUT2D eigenvalue weighted by Gasteiger charge is 2.60. The van der Waals surface area contributed by atoms with Crippen molar-refractivity contribution < 1.29 is 9.22 Å². The normalized spacial score (nSPS) is 45.3. The minimum absolute atomic E-state index is 0.0182. The van der Waals surface area contributed by atoms with E-state index in [1.807, 2.05) is 0 Å². The first-order chi connectivity index (χ1) is 13.3. The van der Waals surface area contributed by atoms with Crippen molar-refractivity contribution >= 4 is 14.1 Å². The zero-order chi connectivity index (χ0) is 21.4. The van der Waals surface area contributed by atoms with Crippen molar-refractivity contribution in [1.29, 1.82) is 0 Å². The van der Waals surface area contributed by atoms with Crippen LogP contribution in [0.1, 0.15) is 86.5 Å². The fourth-order valence-corrected chi connectivity index (χ4v) is 8.76. The van der Waals surface area contributed by atoms with Crippen molar-refractivity contribution in [2.75, 3.05) is 0 Å². The number of carbonyl (C=O) groups excluding carboxylic acids is 1. The van der Waals surface area contributed by atoms with Crippen molar-refractivity contribution in [2.45, 2.75) is 111 Å². The highest BCUT2D eigenvalue weighted by atomic mass is 28.4. The molecule has 0 aromatic heterocycles. The van der Waals surface area contributed by atoms with Crippen LogP contribution in [0.25, 0.3) is 0 Å². The van der Waals surface area contributed by atoms with Crippen LogP contribution in [0.2, 0.25) is 18.1 Å². The Balaban J connectivity index is 1.60. The topological polar surface area (TPSA) is 26.3 Å². The maximum Gasteiger partial charge on any atom is 0.192 e. The molecule has 0 aromatic rings. The van der Waals surface area contributed by atoms with E-state index >= 15 is 0 Å². The van der Waals surface area contributed by atoms with Crippen LogP contribution in [0.3, 0.4) is 0 Å². The van der Waals surface area contributed by atoms with Crippen LogP contribution in [0.15, 0.2) is 11.6 Å². The maximum atomic E-state index is 12.7. The van der Waals surface area contributed by atoms with Gasteiger partial charge in [0.1, 0.15) is 5.78 Å². The van der Waals surface area contributed by atoms with E-state index in [4.69, 9.17) is 4.43 Å². The van der Waals surface area contributed by atoms with E-state index in [0.29, 0.717) is 29.1 Å². The van der Waals surface area contributed by atoms with E-state index in [0.717, 1.165) is 31.1 Å². The molecule has 3 fully saturated rings. The molecule has 3 heteroatoms. The molecule has 0 heterocycles. The van der Waals surface area contributed by atoms with Gasteiger partial charge in [0.25, 0.3) is 0 Å². The molecule has 164 valence electrons. The van der Waals surface area contributed by atoms with Crippen LogP contribution in [0, 0.1) is 34.5 Å². The second-order valence-electron chi connectivity index (χ2n) is 13.0. The van der Waals surface area contributed by atoms with Gasteiger partial charge >= 0.3 is 0 Å². The Bertz CT molecular complexity index is 717. The van der Waals surface area contributed by atoms with Crippen molar-refractivity contribution in [3.63, 3.8) is 0 Å². The third-order valence-corrected chi connectivity index (χ3v) is 14.9. The first-order valence-corrected chi connectivity index (χ1v) is 15.1. The zero-order valence-electron chi connectivity index (χ0n) is 20.2. The predicted molar refractivity (Wildman–Crippen MR) is 123 cm³/mol. The third kappa shape index (κ3) is 3.25. The number of Topliss-reactive ketones (excluding diaryl/α,β-unsaturated/α-hetero) is 1. The molecule has 0 amide bonds. The molecule has 4 aliphatic rings. The number of ketones is 1. The number of hydrogen-bond donors (Lipinski definition) is 0. The molecule has 0 bridgehead atoms. The van der Waals surface area contributed by atoms with Crippen molar-refractivity contribution in [2.24, 2.45) is 34.5 Å². The molecule has 0 saturated heterocycles. The minimum atomic E-state index is -1.74. The number of carbonyl (C=O) groups is 1. The number of fused-ring (bicyclic) bond motifs is 5. The molecule has 3 saturated carbocycles. The van der Waals surface area contributed by atoms with Crippen LogP contribution in [-0.4, -0.2) is 20.2 Å². The molecule has 0 unspecified atom stereocenters. The lowest BCUT2D eigenvalue weighted by molar-refractivity contribution is -0.134. The summed E-state index contributed by atoms with van der Waals surface area (Å²) < 4.78 is 6.83. The Labute approximate surface area is 180 Å². The van der Waals surface area contributed by atoms with Gasteiger partial charge in [0.15, 0.2) is 8.32 Å². The summed E-state index contributed by atoms with van der Waals surface area (Å²) in [4.78, 5) is 12.7. The van der Waals surface area contributed by atoms with Gasteiger partial charge in [0, 0.05) is 11.8 Å². The van der Waals surface area contributed by atoms with Gasteiger partial charge in [-0.05, 0) is 85.7 Å². The first kappa shape index (κ1) is 21.8. The van der Waals surface area contributed by atoms with E-state index in [-0.39, 0.29) is 10.5 Å². The summed E-state index contributed by atoms with van der Waals surface area (Å²) in [6.45, 7) is 19.1. The Kier molecular flexibility index (Phi) is 5.11. The molecule has 7 atom stereocenters. The molecule has 4 rings (SSSR count). The fourth-order valence-electron chi connectivity index (χ4n) is 7.46. The monoisotopic (exact) mass is 416 g/mol. The van der Waals surface area contributed by atoms with E-state index in [2.05, 4.69) is 60.7 Å². The number of rotatable bonds is 2. The fraction of sp³-hybridized carbons (Fsp3) is 0.885. The largest absolute Gasteiger partial charge is 0.411 e. The smallest absolute Gasteiger partial charge is 0.192 e. The summed E-state index contributed by atoms with van der Waals surface area (Å²) in [5, 5.41) is 0.264. The minimum Gasteiger partial charge on any atom is -0.411 e. The molecule has 0 N–H and O–H groups in total. The van der Waals surface area contributed by atoms with Gasteiger partial charge < -0.3 is 4.43 Å². The highest BCUT2D eigenvalue weighted by molar-refractivity contribution is 6.74. The van der Waals surface area contributed by atoms with E-state index in [1.165, 1.54) is 25.7 Å². The summed E-state index contributed by atoms with van der Waals surface area (Å²) in [5.74, 6) is 3.38. The number of allylic oxidation sites excluding steroid dienone is 1. The van der Waals surface area contributed by atoms with Crippen molar-refractivity contribution in [3.05, 3.63) is 11.6 Å². The van der Waals surface area contributed by atoms with Gasteiger partial charge in [0.2, 0.25) is 0 Å². The SMILES string of the molecule is C[C@@H]1CC2=C[C@@H](O[Si](C)(C)C(C)(C)C)CC[C@]2(C)[C@H]2CC[C@]3(C)C(=O)CC[C@H]3[C@H]12. The quantitative estimate of drug-likeness (QED) is 0.353. The second-order valence-corrected chi connectivity index (χ2v) is 17.7. The lowest BCUT2D eigenvalue weighted by Gasteiger charge is -2.59. The summed E-state index contributed by atoms with van der Waals surface area (Å²) >= 11 is 0. The van der Waals surface area contributed by atoms with Crippen LogP contribution < -0.4 is 0 Å². The van der Waals surface area contributed by atoms with Gasteiger partial charge in [-0.15, -0.1) is 0 Å². The van der Waals surface area contributed by atoms with Gasteiger partial charge in [-0.3, -0.25) is 4.79 Å². The van der Waals surface area contributed by atoms with Crippen LogP contribution in [-0.2, 0) is 9.22 Å². The second kappa shape index (κ2) is 6.79. The van der Waals surface area contributed by atoms with Gasteiger partial charge in [-0.2, -0.15) is 0 Å². The maximum absolute atomic E-state index is 12.7. The summed E-state index contributed by atoms with van der Waals surface area (Å²) in [6.07, 6.45) is 10.9. The summed E-state index contributed by atoms with van der Waals surface area (Å²) in [7, 11) is -1.74. The van der Waals surface area contributed by atoms with E-state index in [1.54, 1.807) is 5.57 Å². The third-order valence-electron chi connectivity index (χ3n) is 10.4. The highest BCUT2D eigenvalue weighted by Crippen LogP contribution is 2.66. The van der Waals surface area contributed by atoms with Gasteiger partial charge in [-0.1, -0.05) is 53.2 Å². The average Bonchev–Trinajstić information content (AvgIpc) is 2.90.